The summed E-state index contributed by atoms with van der Waals surface area (Å²) in [5.74, 6) is -0.198. The molecule has 116 valence electrons. The molecule has 0 bridgehead atoms. The molecule has 4 rings (SSSR count). The van der Waals surface area contributed by atoms with E-state index in [0.717, 1.165) is 33.2 Å². The van der Waals surface area contributed by atoms with Crippen LogP contribution in [0.1, 0.15) is 11.3 Å². The first kappa shape index (κ1) is 14.0. The SMILES string of the molecule is COCc1cc2cc3[nH]ncc3cc2n1-c1ccc(F)c(C)c1. The Balaban J connectivity index is 2.04. The highest BCUT2D eigenvalue weighted by atomic mass is 19.1. The zero-order valence-corrected chi connectivity index (χ0v) is 12.9. The maximum atomic E-state index is 13.6. The van der Waals surface area contributed by atoms with Crippen molar-refractivity contribution in [1.82, 2.24) is 14.8 Å². The molecule has 0 amide bonds. The van der Waals surface area contributed by atoms with E-state index in [1.165, 1.54) is 6.07 Å². The minimum absolute atomic E-state index is 0.198. The molecule has 2 heterocycles. The molecule has 5 heteroatoms. The first-order chi connectivity index (χ1) is 11.2. The van der Waals surface area contributed by atoms with E-state index in [-0.39, 0.29) is 5.82 Å². The van der Waals surface area contributed by atoms with E-state index < -0.39 is 0 Å². The van der Waals surface area contributed by atoms with Gasteiger partial charge in [0.15, 0.2) is 0 Å². The Morgan fingerprint density at radius 2 is 2.04 bits per heavy atom. The Labute approximate surface area is 132 Å². The minimum Gasteiger partial charge on any atom is -0.378 e. The van der Waals surface area contributed by atoms with Crippen LogP contribution in [0.15, 0.2) is 42.6 Å². The fourth-order valence-electron chi connectivity index (χ4n) is 3.03. The number of rotatable bonds is 3. The fraction of sp³-hybridized carbons (Fsp3) is 0.167. The molecule has 0 aliphatic rings. The van der Waals surface area contributed by atoms with Gasteiger partial charge in [0.25, 0.3) is 0 Å². The molecule has 0 saturated carbocycles. The highest BCUT2D eigenvalue weighted by Crippen LogP contribution is 2.29. The van der Waals surface area contributed by atoms with E-state index in [4.69, 9.17) is 4.74 Å². The molecule has 0 atom stereocenters. The third kappa shape index (κ3) is 2.21. The summed E-state index contributed by atoms with van der Waals surface area (Å²) in [5, 5.41) is 9.21. The predicted octanol–water partition coefficient (Wildman–Crippen LogP) is 4.10. The molecule has 4 nitrogen and oxygen atoms in total. The second kappa shape index (κ2) is 5.21. The summed E-state index contributed by atoms with van der Waals surface area (Å²) in [6.07, 6.45) is 1.80. The maximum absolute atomic E-state index is 13.6. The summed E-state index contributed by atoms with van der Waals surface area (Å²) < 4.78 is 21.1. The van der Waals surface area contributed by atoms with Crippen LogP contribution in [0.25, 0.3) is 27.5 Å². The van der Waals surface area contributed by atoms with Crippen LogP contribution in [0.5, 0.6) is 0 Å². The number of aromatic amines is 1. The van der Waals surface area contributed by atoms with E-state index in [1.54, 1.807) is 26.3 Å². The topological polar surface area (TPSA) is 42.8 Å². The Morgan fingerprint density at radius 1 is 1.17 bits per heavy atom. The Morgan fingerprint density at radius 3 is 2.83 bits per heavy atom. The van der Waals surface area contributed by atoms with Gasteiger partial charge in [-0.2, -0.15) is 5.10 Å². The number of hydrogen-bond acceptors (Lipinski definition) is 2. The lowest BCUT2D eigenvalue weighted by Gasteiger charge is -2.12. The quantitative estimate of drug-likeness (QED) is 0.619. The average molecular weight is 309 g/mol. The van der Waals surface area contributed by atoms with Gasteiger partial charge in [-0.1, -0.05) is 0 Å². The molecule has 0 fully saturated rings. The molecule has 2 aromatic heterocycles. The zero-order chi connectivity index (χ0) is 16.0. The molecular weight excluding hydrogens is 293 g/mol. The third-order valence-electron chi connectivity index (χ3n) is 4.13. The van der Waals surface area contributed by atoms with Crippen molar-refractivity contribution < 1.29 is 9.13 Å². The molecule has 4 aromatic rings. The van der Waals surface area contributed by atoms with E-state index in [0.29, 0.717) is 12.2 Å². The van der Waals surface area contributed by atoms with Gasteiger partial charge in [0.2, 0.25) is 0 Å². The minimum atomic E-state index is -0.198. The summed E-state index contributed by atoms with van der Waals surface area (Å²) in [6.45, 7) is 2.26. The van der Waals surface area contributed by atoms with E-state index in [2.05, 4.69) is 33.0 Å². The van der Waals surface area contributed by atoms with Gasteiger partial charge in [0, 0.05) is 29.3 Å². The first-order valence-electron chi connectivity index (χ1n) is 7.40. The molecule has 0 aliphatic heterocycles. The average Bonchev–Trinajstić information content (AvgIpc) is 3.11. The van der Waals surface area contributed by atoms with Crippen molar-refractivity contribution in [2.75, 3.05) is 7.11 Å². The monoisotopic (exact) mass is 309 g/mol. The number of benzene rings is 2. The van der Waals surface area contributed by atoms with Gasteiger partial charge in [-0.15, -0.1) is 0 Å². The zero-order valence-electron chi connectivity index (χ0n) is 12.9. The molecule has 1 N–H and O–H groups in total. The highest BCUT2D eigenvalue weighted by molar-refractivity contribution is 5.96. The number of ether oxygens (including phenoxy) is 1. The van der Waals surface area contributed by atoms with Crippen LogP contribution in [0.3, 0.4) is 0 Å². The van der Waals surface area contributed by atoms with Gasteiger partial charge in [0.1, 0.15) is 5.82 Å². The molecular formula is C18H16FN3O. The van der Waals surface area contributed by atoms with Crippen LogP contribution in [-0.2, 0) is 11.3 Å². The van der Waals surface area contributed by atoms with Gasteiger partial charge in [-0.05, 0) is 48.9 Å². The molecule has 2 aromatic carbocycles. The standard InChI is InChI=1S/C18H16FN3O/c1-11-5-14(3-4-16(11)19)22-15(10-23-2)6-12-7-17-13(8-18(12)22)9-20-21-17/h3-9H,10H2,1-2H3,(H,20,21). The Bertz CT molecular complexity index is 1020. The number of nitrogens with zero attached hydrogens (tertiary/aromatic N) is 2. The summed E-state index contributed by atoms with van der Waals surface area (Å²) in [4.78, 5) is 0. The smallest absolute Gasteiger partial charge is 0.126 e. The molecule has 0 unspecified atom stereocenters. The van der Waals surface area contributed by atoms with Crippen molar-refractivity contribution in [3.63, 3.8) is 0 Å². The largest absolute Gasteiger partial charge is 0.378 e. The third-order valence-corrected chi connectivity index (χ3v) is 4.13. The van der Waals surface area contributed by atoms with E-state index in [9.17, 15) is 4.39 Å². The number of aromatic nitrogens is 3. The second-order valence-electron chi connectivity index (χ2n) is 5.71. The van der Waals surface area contributed by atoms with Crippen molar-refractivity contribution in [2.24, 2.45) is 0 Å². The van der Waals surface area contributed by atoms with Crippen LogP contribution < -0.4 is 0 Å². The van der Waals surface area contributed by atoms with Crippen molar-refractivity contribution in [3.8, 4) is 5.69 Å². The number of hydrogen-bond donors (Lipinski definition) is 1. The number of nitrogens with one attached hydrogen (secondary N) is 1. The fourth-order valence-corrected chi connectivity index (χ4v) is 3.03. The first-order valence-corrected chi connectivity index (χ1v) is 7.40. The summed E-state index contributed by atoms with van der Waals surface area (Å²) in [7, 11) is 1.67. The van der Waals surface area contributed by atoms with Gasteiger partial charge >= 0.3 is 0 Å². The van der Waals surface area contributed by atoms with Crippen molar-refractivity contribution in [3.05, 3.63) is 59.7 Å². The van der Waals surface area contributed by atoms with Crippen LogP contribution in [0.2, 0.25) is 0 Å². The lowest BCUT2D eigenvalue weighted by molar-refractivity contribution is 0.180. The van der Waals surface area contributed by atoms with Crippen LogP contribution in [0.4, 0.5) is 4.39 Å². The maximum Gasteiger partial charge on any atom is 0.126 e. The van der Waals surface area contributed by atoms with E-state index in [1.807, 2.05) is 6.07 Å². The highest BCUT2D eigenvalue weighted by Gasteiger charge is 2.13. The molecule has 0 spiro atoms. The molecule has 0 radical (unpaired) electrons. The lowest BCUT2D eigenvalue weighted by Crippen LogP contribution is -2.02. The van der Waals surface area contributed by atoms with Crippen molar-refractivity contribution in [2.45, 2.75) is 13.5 Å². The van der Waals surface area contributed by atoms with Crippen molar-refractivity contribution in [1.29, 1.82) is 0 Å². The molecule has 23 heavy (non-hydrogen) atoms. The number of aryl methyl sites for hydroxylation is 1. The normalized spacial score (nSPS) is 11.6. The predicted molar refractivity (Wildman–Crippen MR) is 88.3 cm³/mol. The molecule has 0 aliphatic carbocycles. The number of methoxy groups -OCH3 is 1. The Hall–Kier alpha value is -2.66. The number of fused-ring (bicyclic) bond motifs is 2. The van der Waals surface area contributed by atoms with Gasteiger partial charge in [-0.25, -0.2) is 4.39 Å². The van der Waals surface area contributed by atoms with Crippen LogP contribution >= 0.6 is 0 Å². The van der Waals surface area contributed by atoms with Crippen molar-refractivity contribution >= 4 is 21.8 Å². The van der Waals surface area contributed by atoms with Crippen LogP contribution in [0, 0.1) is 12.7 Å². The number of H-pyrrole nitrogens is 1. The number of halogens is 1. The Kier molecular flexibility index (Phi) is 3.16. The summed E-state index contributed by atoms with van der Waals surface area (Å²) in [6, 6.07) is 11.4. The summed E-state index contributed by atoms with van der Waals surface area (Å²) >= 11 is 0. The van der Waals surface area contributed by atoms with Gasteiger partial charge in [-0.3, -0.25) is 5.10 Å². The van der Waals surface area contributed by atoms with Crippen LogP contribution in [-0.4, -0.2) is 21.9 Å². The van der Waals surface area contributed by atoms with Gasteiger partial charge < -0.3 is 9.30 Å². The van der Waals surface area contributed by atoms with Gasteiger partial charge in [0.05, 0.1) is 23.8 Å². The molecule has 0 saturated heterocycles. The summed E-state index contributed by atoms with van der Waals surface area (Å²) in [5.41, 5.74) is 4.62. The van der Waals surface area contributed by atoms with E-state index >= 15 is 0 Å². The second-order valence-corrected chi connectivity index (χ2v) is 5.71. The lowest BCUT2D eigenvalue weighted by atomic mass is 10.2.